The maximum absolute atomic E-state index is 11.9. The van der Waals surface area contributed by atoms with Crippen molar-refractivity contribution in [1.82, 2.24) is 0 Å². The van der Waals surface area contributed by atoms with Gasteiger partial charge in [0.25, 0.3) is 0 Å². The first kappa shape index (κ1) is 15.2. The minimum atomic E-state index is -1.18. The number of carbonyl (C=O) groups excluding carboxylic acids is 2. The van der Waals surface area contributed by atoms with Crippen LogP contribution in [0.1, 0.15) is 24.8 Å². The summed E-state index contributed by atoms with van der Waals surface area (Å²) in [6, 6.07) is 7.76. The number of aryl methyl sites for hydroxylation is 1. The molecule has 2 rings (SSSR count). The van der Waals surface area contributed by atoms with Gasteiger partial charge in [0.15, 0.2) is 0 Å². The number of hydrogen-bond donors (Lipinski definition) is 0. The van der Waals surface area contributed by atoms with Gasteiger partial charge in [-0.25, -0.2) is 0 Å². The quantitative estimate of drug-likeness (QED) is 0.561. The van der Waals surface area contributed by atoms with Crippen LogP contribution in [0.4, 0.5) is 5.69 Å². The molecule has 0 saturated carbocycles. The summed E-state index contributed by atoms with van der Waals surface area (Å²) in [6.07, 6.45) is 1.70. The normalized spacial score (nSPS) is 13.4. The predicted octanol–water partition coefficient (Wildman–Crippen LogP) is -2.50. The molecule has 18 heavy (non-hydrogen) atoms. The molecule has 0 unspecified atom stereocenters. The van der Waals surface area contributed by atoms with Gasteiger partial charge < -0.3 is 14.8 Å². The van der Waals surface area contributed by atoms with Crippen LogP contribution in [0.3, 0.4) is 0 Å². The number of aliphatic carboxylic acids is 1. The molecule has 0 radical (unpaired) electrons. The van der Waals surface area contributed by atoms with Crippen LogP contribution in [0.25, 0.3) is 0 Å². The van der Waals surface area contributed by atoms with Gasteiger partial charge in [-0.15, -0.1) is 0 Å². The fourth-order valence-corrected chi connectivity index (χ4v) is 2.14. The van der Waals surface area contributed by atoms with E-state index in [9.17, 15) is 14.7 Å². The van der Waals surface area contributed by atoms with E-state index in [0.717, 1.165) is 24.1 Å². The Morgan fingerprint density at radius 1 is 1.22 bits per heavy atom. The number of amides is 1. The van der Waals surface area contributed by atoms with Gasteiger partial charge in [-0.1, -0.05) is 18.2 Å². The van der Waals surface area contributed by atoms with Gasteiger partial charge in [-0.3, -0.25) is 4.79 Å². The smallest absolute Gasteiger partial charge is 0.550 e. The average molecular weight is 255 g/mol. The summed E-state index contributed by atoms with van der Waals surface area (Å²) in [5, 5.41) is 10.4. The largest absolute Gasteiger partial charge is 1.00 e. The summed E-state index contributed by atoms with van der Waals surface area (Å²) in [7, 11) is 0. The maximum atomic E-state index is 11.9. The number of nitrogens with zero attached hydrogens (tertiary/aromatic N) is 1. The molecule has 1 aromatic rings. The fourth-order valence-electron chi connectivity index (χ4n) is 2.14. The van der Waals surface area contributed by atoms with Gasteiger partial charge in [-0.05, 0) is 30.9 Å². The third-order valence-corrected chi connectivity index (χ3v) is 2.95. The number of para-hydroxylation sites is 1. The van der Waals surface area contributed by atoms with Crippen molar-refractivity contribution in [1.29, 1.82) is 0 Å². The summed E-state index contributed by atoms with van der Waals surface area (Å²) in [6.45, 7) is 0.670. The monoisotopic (exact) mass is 255 g/mol. The van der Waals surface area contributed by atoms with E-state index in [1.54, 1.807) is 4.90 Å². The zero-order valence-corrected chi connectivity index (χ0v) is 12.5. The molecule has 1 aliphatic rings. The van der Waals surface area contributed by atoms with Crippen LogP contribution in [0.5, 0.6) is 0 Å². The summed E-state index contributed by atoms with van der Waals surface area (Å²) in [4.78, 5) is 23.9. The molecule has 0 spiro atoms. The molecular weight excluding hydrogens is 241 g/mol. The summed E-state index contributed by atoms with van der Waals surface area (Å²) >= 11 is 0. The van der Waals surface area contributed by atoms with E-state index in [1.807, 2.05) is 24.3 Å². The Morgan fingerprint density at radius 2 is 1.94 bits per heavy atom. The minimum absolute atomic E-state index is 0. The van der Waals surface area contributed by atoms with E-state index >= 15 is 0 Å². The Hall–Kier alpha value is -0.840. The standard InChI is InChI=1S/C13H15NO3.Na/c15-12(7-8-13(16)17)14-9-3-5-10-4-1-2-6-11(10)14;/h1-2,4,6H,3,5,7-9H2,(H,16,17);/q;+1/p-1. The van der Waals surface area contributed by atoms with Crippen LogP contribution in [0, 0.1) is 0 Å². The van der Waals surface area contributed by atoms with E-state index < -0.39 is 5.97 Å². The van der Waals surface area contributed by atoms with Crippen LogP contribution in [0.2, 0.25) is 0 Å². The van der Waals surface area contributed by atoms with Crippen molar-refractivity contribution in [3.05, 3.63) is 29.8 Å². The zero-order valence-electron chi connectivity index (χ0n) is 10.5. The molecule has 0 aliphatic carbocycles. The molecule has 0 atom stereocenters. The first-order chi connectivity index (χ1) is 8.18. The zero-order chi connectivity index (χ0) is 12.3. The summed E-state index contributed by atoms with van der Waals surface area (Å²) in [5.74, 6) is -1.31. The molecule has 4 nitrogen and oxygen atoms in total. The second kappa shape index (κ2) is 6.92. The Morgan fingerprint density at radius 3 is 2.67 bits per heavy atom. The number of carboxylic acids is 1. The van der Waals surface area contributed by atoms with Gasteiger partial charge in [-0.2, -0.15) is 0 Å². The molecule has 1 amide bonds. The number of rotatable bonds is 3. The second-order valence-corrected chi connectivity index (χ2v) is 4.15. The van der Waals surface area contributed by atoms with Crippen LogP contribution in [-0.4, -0.2) is 18.4 Å². The Labute approximate surface area is 128 Å². The van der Waals surface area contributed by atoms with Gasteiger partial charge in [0.05, 0.1) is 0 Å². The van der Waals surface area contributed by atoms with Gasteiger partial charge in [0.1, 0.15) is 0 Å². The molecular formula is C13H14NNaO3. The van der Waals surface area contributed by atoms with E-state index in [2.05, 4.69) is 0 Å². The van der Waals surface area contributed by atoms with Crippen molar-refractivity contribution >= 4 is 17.6 Å². The van der Waals surface area contributed by atoms with Gasteiger partial charge in [0, 0.05) is 24.6 Å². The third kappa shape index (κ3) is 3.57. The van der Waals surface area contributed by atoms with Crippen molar-refractivity contribution in [3.8, 4) is 0 Å². The number of benzene rings is 1. The Bertz CT molecular complexity index is 448. The molecule has 0 N–H and O–H groups in total. The molecule has 0 bridgehead atoms. The first-order valence-electron chi connectivity index (χ1n) is 5.76. The van der Waals surface area contributed by atoms with E-state index in [-0.39, 0.29) is 48.3 Å². The molecule has 0 saturated heterocycles. The molecule has 1 heterocycles. The van der Waals surface area contributed by atoms with Crippen molar-refractivity contribution in [2.75, 3.05) is 11.4 Å². The number of fused-ring (bicyclic) bond motifs is 1. The molecule has 1 aliphatic heterocycles. The first-order valence-corrected chi connectivity index (χ1v) is 5.76. The number of hydrogen-bond acceptors (Lipinski definition) is 3. The fraction of sp³-hybridized carbons (Fsp3) is 0.385. The molecule has 0 fully saturated rings. The Kier molecular flexibility index (Phi) is 5.85. The predicted molar refractivity (Wildman–Crippen MR) is 61.4 cm³/mol. The second-order valence-electron chi connectivity index (χ2n) is 4.15. The average Bonchev–Trinajstić information content (AvgIpc) is 2.35. The number of carbonyl (C=O) groups is 2. The van der Waals surface area contributed by atoms with Crippen LogP contribution in [0.15, 0.2) is 24.3 Å². The van der Waals surface area contributed by atoms with Crippen LogP contribution in [-0.2, 0) is 16.0 Å². The summed E-state index contributed by atoms with van der Waals surface area (Å²) in [5.41, 5.74) is 2.07. The van der Waals surface area contributed by atoms with E-state index in [1.165, 1.54) is 0 Å². The van der Waals surface area contributed by atoms with Crippen molar-refractivity contribution in [2.24, 2.45) is 0 Å². The maximum Gasteiger partial charge on any atom is 1.00 e. The number of anilines is 1. The molecule has 1 aromatic carbocycles. The SMILES string of the molecule is O=C([O-])CCC(=O)N1CCCc2ccccc21.[Na+]. The molecule has 5 heteroatoms. The van der Waals surface area contributed by atoms with Crippen LogP contribution < -0.4 is 39.6 Å². The van der Waals surface area contributed by atoms with E-state index in [4.69, 9.17) is 0 Å². The third-order valence-electron chi connectivity index (χ3n) is 2.95. The minimum Gasteiger partial charge on any atom is -0.550 e. The molecule has 0 aromatic heterocycles. The summed E-state index contributed by atoms with van der Waals surface area (Å²) < 4.78 is 0. The number of carboxylic acid groups (broad SMARTS) is 1. The van der Waals surface area contributed by atoms with Crippen LogP contribution >= 0.6 is 0 Å². The topological polar surface area (TPSA) is 60.4 Å². The van der Waals surface area contributed by atoms with Gasteiger partial charge >= 0.3 is 29.6 Å². The van der Waals surface area contributed by atoms with Crippen molar-refractivity contribution < 1.29 is 44.3 Å². The van der Waals surface area contributed by atoms with E-state index in [0.29, 0.717) is 6.54 Å². The van der Waals surface area contributed by atoms with Gasteiger partial charge in [0.2, 0.25) is 5.91 Å². The Balaban J connectivity index is 0.00000162. The van der Waals surface area contributed by atoms with Crippen molar-refractivity contribution in [2.45, 2.75) is 25.7 Å². The van der Waals surface area contributed by atoms with Crippen molar-refractivity contribution in [3.63, 3.8) is 0 Å². The molecule has 90 valence electrons.